The average molecular weight is 379 g/mol. The SMILES string of the molecule is CS(=O)(=O)N1C2CCC1CC(NC(=O)Cn1c(=O)oc3ccccc31)C2. The van der Waals surface area contributed by atoms with Crippen molar-refractivity contribution < 1.29 is 17.6 Å². The van der Waals surface area contributed by atoms with Crippen LogP contribution in [0.2, 0.25) is 0 Å². The molecule has 3 heterocycles. The van der Waals surface area contributed by atoms with Crippen LogP contribution in [0.4, 0.5) is 0 Å². The van der Waals surface area contributed by atoms with Gasteiger partial charge in [-0.05, 0) is 37.8 Å². The summed E-state index contributed by atoms with van der Waals surface area (Å²) in [6, 6.07) is 6.79. The van der Waals surface area contributed by atoms with Crippen molar-refractivity contribution in [3.8, 4) is 0 Å². The summed E-state index contributed by atoms with van der Waals surface area (Å²) >= 11 is 0. The van der Waals surface area contributed by atoms with Crippen molar-refractivity contribution in [2.75, 3.05) is 6.26 Å². The van der Waals surface area contributed by atoms with Crippen LogP contribution in [0.25, 0.3) is 11.1 Å². The van der Waals surface area contributed by atoms with E-state index in [0.29, 0.717) is 23.9 Å². The molecule has 140 valence electrons. The topological polar surface area (TPSA) is 102 Å². The van der Waals surface area contributed by atoms with Gasteiger partial charge in [-0.25, -0.2) is 13.2 Å². The fourth-order valence-electron chi connectivity index (χ4n) is 4.37. The molecule has 0 spiro atoms. The molecule has 2 aliphatic rings. The van der Waals surface area contributed by atoms with Crippen molar-refractivity contribution in [2.24, 2.45) is 0 Å². The fourth-order valence-corrected chi connectivity index (χ4v) is 5.84. The standard InChI is InChI=1S/C17H21N3O5S/c1-26(23,24)20-12-6-7-13(20)9-11(8-12)18-16(21)10-19-14-4-2-3-5-15(14)25-17(19)22/h2-5,11-13H,6-10H2,1H3,(H,18,21). The van der Waals surface area contributed by atoms with Crippen LogP contribution in [0.15, 0.2) is 33.5 Å². The van der Waals surface area contributed by atoms with Crippen molar-refractivity contribution in [1.82, 2.24) is 14.2 Å². The van der Waals surface area contributed by atoms with E-state index in [1.54, 1.807) is 28.6 Å². The number of hydrogen-bond donors (Lipinski definition) is 1. The third-order valence-electron chi connectivity index (χ3n) is 5.29. The Hall–Kier alpha value is -2.13. The number of amides is 1. The summed E-state index contributed by atoms with van der Waals surface area (Å²) in [5.41, 5.74) is 1.03. The zero-order valence-corrected chi connectivity index (χ0v) is 15.2. The Kier molecular flexibility index (Phi) is 4.15. The molecule has 1 aromatic carbocycles. The highest BCUT2D eigenvalue weighted by Crippen LogP contribution is 2.37. The summed E-state index contributed by atoms with van der Waals surface area (Å²) in [6.07, 6.45) is 4.12. The van der Waals surface area contributed by atoms with Crippen LogP contribution in [-0.4, -0.2) is 47.6 Å². The first-order valence-electron chi connectivity index (χ1n) is 8.69. The number of carbonyl (C=O) groups is 1. The highest BCUT2D eigenvalue weighted by atomic mass is 32.2. The molecule has 0 saturated carbocycles. The number of sulfonamides is 1. The van der Waals surface area contributed by atoms with Crippen LogP contribution in [0, 0.1) is 0 Å². The van der Waals surface area contributed by atoms with Gasteiger partial charge in [0.1, 0.15) is 6.54 Å². The summed E-state index contributed by atoms with van der Waals surface area (Å²) in [5.74, 6) is -0.829. The summed E-state index contributed by atoms with van der Waals surface area (Å²) < 4.78 is 31.9. The molecule has 0 radical (unpaired) electrons. The Labute approximate surface area is 150 Å². The highest BCUT2D eigenvalue weighted by molar-refractivity contribution is 7.88. The molecule has 8 nitrogen and oxygen atoms in total. The summed E-state index contributed by atoms with van der Waals surface area (Å²) in [6.45, 7) is -0.114. The van der Waals surface area contributed by atoms with Crippen molar-refractivity contribution in [2.45, 2.75) is 50.4 Å². The molecule has 2 unspecified atom stereocenters. The second-order valence-electron chi connectivity index (χ2n) is 7.14. The zero-order valence-electron chi connectivity index (χ0n) is 14.4. The van der Waals surface area contributed by atoms with Crippen LogP contribution in [-0.2, 0) is 21.4 Å². The minimum atomic E-state index is -3.22. The predicted octanol–water partition coefficient (Wildman–Crippen LogP) is 0.666. The molecular weight excluding hydrogens is 358 g/mol. The van der Waals surface area contributed by atoms with E-state index in [-0.39, 0.29) is 30.6 Å². The summed E-state index contributed by atoms with van der Waals surface area (Å²) in [5, 5.41) is 2.96. The third-order valence-corrected chi connectivity index (χ3v) is 6.65. The van der Waals surface area contributed by atoms with Gasteiger partial charge in [-0.1, -0.05) is 12.1 Å². The van der Waals surface area contributed by atoms with Gasteiger partial charge in [0.15, 0.2) is 5.58 Å². The maximum absolute atomic E-state index is 12.4. The number of rotatable bonds is 4. The lowest BCUT2D eigenvalue weighted by Gasteiger charge is -2.37. The van der Waals surface area contributed by atoms with E-state index < -0.39 is 15.8 Å². The second kappa shape index (κ2) is 6.24. The van der Waals surface area contributed by atoms with Crippen LogP contribution >= 0.6 is 0 Å². The van der Waals surface area contributed by atoms with Gasteiger partial charge in [0.05, 0.1) is 11.8 Å². The molecule has 1 N–H and O–H groups in total. The van der Waals surface area contributed by atoms with Crippen LogP contribution < -0.4 is 11.1 Å². The summed E-state index contributed by atoms with van der Waals surface area (Å²) in [7, 11) is -3.22. The van der Waals surface area contributed by atoms with Crippen LogP contribution in [0.1, 0.15) is 25.7 Å². The molecule has 2 bridgehead atoms. The Morgan fingerprint density at radius 3 is 2.54 bits per heavy atom. The van der Waals surface area contributed by atoms with E-state index in [1.165, 1.54) is 10.8 Å². The number of fused-ring (bicyclic) bond motifs is 3. The minimum Gasteiger partial charge on any atom is -0.408 e. The average Bonchev–Trinajstić information content (AvgIpc) is 3.02. The number of oxazole rings is 1. The molecule has 9 heteroatoms. The molecule has 2 atom stereocenters. The number of aromatic nitrogens is 1. The maximum Gasteiger partial charge on any atom is 0.420 e. The zero-order chi connectivity index (χ0) is 18.5. The molecule has 1 amide bonds. The largest absolute Gasteiger partial charge is 0.420 e. The van der Waals surface area contributed by atoms with E-state index in [1.807, 2.05) is 0 Å². The minimum absolute atomic E-state index is 0.0495. The number of nitrogens with zero attached hydrogens (tertiary/aromatic N) is 2. The number of nitrogens with one attached hydrogen (secondary N) is 1. The normalized spacial score (nSPS) is 26.3. The molecule has 1 aromatic heterocycles. The molecule has 2 saturated heterocycles. The molecule has 4 rings (SSSR count). The van der Waals surface area contributed by atoms with E-state index in [9.17, 15) is 18.0 Å². The van der Waals surface area contributed by atoms with Gasteiger partial charge < -0.3 is 9.73 Å². The van der Waals surface area contributed by atoms with Crippen LogP contribution in [0.3, 0.4) is 0 Å². The second-order valence-corrected chi connectivity index (χ2v) is 9.02. The van der Waals surface area contributed by atoms with Gasteiger partial charge in [-0.15, -0.1) is 0 Å². The van der Waals surface area contributed by atoms with E-state index in [0.717, 1.165) is 12.8 Å². The first-order chi connectivity index (χ1) is 12.3. The molecular formula is C17H21N3O5S. The van der Waals surface area contributed by atoms with Gasteiger partial charge in [-0.3, -0.25) is 9.36 Å². The maximum atomic E-state index is 12.4. The Balaban J connectivity index is 1.45. The number of para-hydroxylation sites is 2. The lowest BCUT2D eigenvalue weighted by molar-refractivity contribution is -0.122. The monoisotopic (exact) mass is 379 g/mol. The van der Waals surface area contributed by atoms with Gasteiger partial charge in [0, 0.05) is 18.1 Å². The van der Waals surface area contributed by atoms with E-state index in [4.69, 9.17) is 4.42 Å². The molecule has 0 aliphatic carbocycles. The first-order valence-corrected chi connectivity index (χ1v) is 10.5. The Morgan fingerprint density at radius 2 is 1.88 bits per heavy atom. The van der Waals surface area contributed by atoms with Crippen molar-refractivity contribution >= 4 is 27.0 Å². The van der Waals surface area contributed by atoms with Crippen molar-refractivity contribution in [1.29, 1.82) is 0 Å². The number of hydrogen-bond acceptors (Lipinski definition) is 5. The number of benzene rings is 1. The lowest BCUT2D eigenvalue weighted by Crippen LogP contribution is -2.52. The van der Waals surface area contributed by atoms with Crippen LogP contribution in [0.5, 0.6) is 0 Å². The number of carbonyl (C=O) groups excluding carboxylic acids is 1. The number of piperidine rings is 1. The van der Waals surface area contributed by atoms with E-state index in [2.05, 4.69) is 5.32 Å². The molecule has 26 heavy (non-hydrogen) atoms. The van der Waals surface area contributed by atoms with E-state index >= 15 is 0 Å². The first kappa shape index (κ1) is 17.3. The van der Waals surface area contributed by atoms with Crippen molar-refractivity contribution in [3.63, 3.8) is 0 Å². The highest BCUT2D eigenvalue weighted by Gasteiger charge is 2.45. The van der Waals surface area contributed by atoms with Crippen molar-refractivity contribution in [3.05, 3.63) is 34.8 Å². The van der Waals surface area contributed by atoms with Gasteiger partial charge in [0.2, 0.25) is 15.9 Å². The lowest BCUT2D eigenvalue weighted by atomic mass is 10.00. The Bertz CT molecular complexity index is 995. The molecule has 2 fully saturated rings. The quantitative estimate of drug-likeness (QED) is 0.841. The van der Waals surface area contributed by atoms with Gasteiger partial charge >= 0.3 is 5.76 Å². The summed E-state index contributed by atoms with van der Waals surface area (Å²) in [4.78, 5) is 24.4. The molecule has 2 aliphatic heterocycles. The molecule has 2 aromatic rings. The fraction of sp³-hybridized carbons (Fsp3) is 0.529. The Morgan fingerprint density at radius 1 is 1.23 bits per heavy atom. The smallest absolute Gasteiger partial charge is 0.408 e. The van der Waals surface area contributed by atoms with Gasteiger partial charge in [0.25, 0.3) is 0 Å². The predicted molar refractivity (Wildman–Crippen MR) is 95.1 cm³/mol. The third kappa shape index (κ3) is 3.05. The van der Waals surface area contributed by atoms with Gasteiger partial charge in [-0.2, -0.15) is 4.31 Å².